The molecule has 2 aliphatic rings. The maximum absolute atomic E-state index is 5.88. The molecule has 2 fully saturated rings. The van der Waals surface area contributed by atoms with Gasteiger partial charge in [-0.15, -0.1) is 0 Å². The highest BCUT2D eigenvalue weighted by Gasteiger charge is 2.48. The van der Waals surface area contributed by atoms with Gasteiger partial charge in [-0.1, -0.05) is 35.2 Å². The molecule has 0 amide bonds. The lowest BCUT2D eigenvalue weighted by molar-refractivity contribution is -0.161. The van der Waals surface area contributed by atoms with E-state index in [2.05, 4.69) is 15.9 Å². The van der Waals surface area contributed by atoms with Crippen molar-refractivity contribution in [2.75, 3.05) is 12.4 Å². The van der Waals surface area contributed by atoms with Crippen molar-refractivity contribution >= 4 is 15.9 Å². The Morgan fingerprint density at radius 3 is 2.64 bits per heavy atom. The van der Waals surface area contributed by atoms with Crippen LogP contribution in [0.3, 0.4) is 0 Å². The van der Waals surface area contributed by atoms with Crippen LogP contribution in [0, 0.1) is 5.41 Å². The van der Waals surface area contributed by atoms with E-state index in [4.69, 9.17) is 9.47 Å². The van der Waals surface area contributed by atoms with Gasteiger partial charge in [0, 0.05) is 17.9 Å². The van der Waals surface area contributed by atoms with E-state index in [0.29, 0.717) is 11.5 Å². The van der Waals surface area contributed by atoms with Gasteiger partial charge in [0.1, 0.15) is 0 Å². The second kappa shape index (κ2) is 4.50. The van der Waals surface area contributed by atoms with Gasteiger partial charge in [-0.05, 0) is 19.3 Å². The molecule has 1 heterocycles. The summed E-state index contributed by atoms with van der Waals surface area (Å²) in [6.07, 6.45) is 8.23. The number of rotatable bonds is 2. The van der Waals surface area contributed by atoms with E-state index >= 15 is 0 Å². The zero-order valence-corrected chi connectivity index (χ0v) is 10.4. The number of halogens is 1. The summed E-state index contributed by atoms with van der Waals surface area (Å²) in [5.41, 5.74) is 0.339. The Kier molecular flexibility index (Phi) is 3.50. The second-order valence-electron chi connectivity index (χ2n) is 4.61. The standard InChI is InChI=1S/C11H19BrO2/c1-13-10-11(5-3-2-4-6-11)7-9(8-12)14-10/h9-10H,2-8H2,1H3/t9-,10+/m1/s1. The van der Waals surface area contributed by atoms with Crippen LogP contribution in [0.15, 0.2) is 0 Å². The minimum absolute atomic E-state index is 0.0466. The molecule has 0 unspecified atom stereocenters. The molecule has 14 heavy (non-hydrogen) atoms. The number of ether oxygens (including phenoxy) is 2. The molecule has 0 aromatic rings. The lowest BCUT2D eigenvalue weighted by atomic mass is 9.72. The first-order valence-corrected chi connectivity index (χ1v) is 6.67. The largest absolute Gasteiger partial charge is 0.355 e. The Morgan fingerprint density at radius 1 is 1.36 bits per heavy atom. The van der Waals surface area contributed by atoms with Crippen LogP contribution in [0.4, 0.5) is 0 Å². The Bertz CT molecular complexity index is 190. The normalized spacial score (nSPS) is 36.4. The first-order valence-electron chi connectivity index (χ1n) is 5.55. The maximum Gasteiger partial charge on any atom is 0.163 e. The molecule has 3 heteroatoms. The van der Waals surface area contributed by atoms with E-state index in [0.717, 1.165) is 5.33 Å². The van der Waals surface area contributed by atoms with Gasteiger partial charge in [0.25, 0.3) is 0 Å². The Balaban J connectivity index is 2.07. The molecule has 82 valence electrons. The van der Waals surface area contributed by atoms with E-state index < -0.39 is 0 Å². The van der Waals surface area contributed by atoms with Crippen LogP contribution in [0.1, 0.15) is 38.5 Å². The topological polar surface area (TPSA) is 18.5 Å². The summed E-state index contributed by atoms with van der Waals surface area (Å²) in [5.74, 6) is 0. The number of methoxy groups -OCH3 is 1. The highest BCUT2D eigenvalue weighted by molar-refractivity contribution is 9.09. The zero-order valence-electron chi connectivity index (χ0n) is 8.80. The molecular weight excluding hydrogens is 244 g/mol. The molecule has 1 spiro atoms. The van der Waals surface area contributed by atoms with Crippen molar-refractivity contribution in [2.45, 2.75) is 50.9 Å². The average Bonchev–Trinajstić information content (AvgIpc) is 2.57. The van der Waals surface area contributed by atoms with Gasteiger partial charge in [-0.2, -0.15) is 0 Å². The van der Waals surface area contributed by atoms with Gasteiger partial charge >= 0.3 is 0 Å². The van der Waals surface area contributed by atoms with Crippen molar-refractivity contribution in [1.82, 2.24) is 0 Å². The summed E-state index contributed by atoms with van der Waals surface area (Å²) in [6.45, 7) is 0. The molecule has 1 aliphatic heterocycles. The zero-order chi connectivity index (χ0) is 10.0. The van der Waals surface area contributed by atoms with Gasteiger partial charge < -0.3 is 9.47 Å². The number of alkyl halides is 1. The molecule has 0 aromatic carbocycles. The first-order chi connectivity index (χ1) is 6.80. The SMILES string of the molecule is CO[C@H]1O[C@@H](CBr)CC12CCCCC2. The Hall–Kier alpha value is 0.400. The molecule has 1 saturated heterocycles. The van der Waals surface area contributed by atoms with E-state index in [9.17, 15) is 0 Å². The summed E-state index contributed by atoms with van der Waals surface area (Å²) in [5, 5.41) is 0.939. The first kappa shape index (κ1) is 10.9. The summed E-state index contributed by atoms with van der Waals surface area (Å²) in [4.78, 5) is 0. The van der Waals surface area contributed by atoms with E-state index in [1.807, 2.05) is 0 Å². The van der Waals surface area contributed by atoms with Gasteiger partial charge in [0.05, 0.1) is 6.10 Å². The van der Waals surface area contributed by atoms with Crippen molar-refractivity contribution in [3.8, 4) is 0 Å². The van der Waals surface area contributed by atoms with Gasteiger partial charge in [-0.25, -0.2) is 0 Å². The molecule has 2 rings (SSSR count). The van der Waals surface area contributed by atoms with Crippen molar-refractivity contribution in [3.63, 3.8) is 0 Å². The predicted molar refractivity (Wildman–Crippen MR) is 59.6 cm³/mol. The van der Waals surface area contributed by atoms with E-state index in [1.165, 1.54) is 38.5 Å². The minimum Gasteiger partial charge on any atom is -0.355 e. The monoisotopic (exact) mass is 262 g/mol. The third-order valence-electron chi connectivity index (χ3n) is 3.69. The second-order valence-corrected chi connectivity index (χ2v) is 5.25. The van der Waals surface area contributed by atoms with Crippen molar-refractivity contribution < 1.29 is 9.47 Å². The lowest BCUT2D eigenvalue weighted by Gasteiger charge is -2.36. The smallest absolute Gasteiger partial charge is 0.163 e. The van der Waals surface area contributed by atoms with E-state index in [-0.39, 0.29) is 6.29 Å². The van der Waals surface area contributed by atoms with Gasteiger partial charge in [0.2, 0.25) is 0 Å². The molecule has 1 aliphatic carbocycles. The third kappa shape index (κ3) is 1.86. The summed E-state index contributed by atoms with van der Waals surface area (Å²) >= 11 is 3.50. The Labute approximate surface area is 94.5 Å². The van der Waals surface area contributed by atoms with Crippen molar-refractivity contribution in [2.24, 2.45) is 5.41 Å². The van der Waals surface area contributed by atoms with Crippen LogP contribution in [0.25, 0.3) is 0 Å². The summed E-state index contributed by atoms with van der Waals surface area (Å²) in [6, 6.07) is 0. The summed E-state index contributed by atoms with van der Waals surface area (Å²) < 4.78 is 11.4. The third-order valence-corrected chi connectivity index (χ3v) is 4.41. The van der Waals surface area contributed by atoms with Crippen LogP contribution in [0.2, 0.25) is 0 Å². The van der Waals surface area contributed by atoms with E-state index in [1.54, 1.807) is 7.11 Å². The molecule has 1 saturated carbocycles. The molecular formula is C11H19BrO2. The van der Waals surface area contributed by atoms with Crippen LogP contribution in [-0.2, 0) is 9.47 Å². The molecule has 0 bridgehead atoms. The molecule has 0 aromatic heterocycles. The predicted octanol–water partition coefficient (Wildman–Crippen LogP) is 3.09. The molecule has 2 nitrogen and oxygen atoms in total. The van der Waals surface area contributed by atoms with Crippen molar-refractivity contribution in [3.05, 3.63) is 0 Å². The average molecular weight is 263 g/mol. The Morgan fingerprint density at radius 2 is 2.07 bits per heavy atom. The fourth-order valence-electron chi connectivity index (χ4n) is 3.01. The minimum atomic E-state index is 0.0466. The van der Waals surface area contributed by atoms with Gasteiger partial charge in [-0.3, -0.25) is 0 Å². The van der Waals surface area contributed by atoms with Crippen LogP contribution in [0.5, 0.6) is 0 Å². The summed E-state index contributed by atoms with van der Waals surface area (Å²) in [7, 11) is 1.78. The highest BCUT2D eigenvalue weighted by atomic mass is 79.9. The van der Waals surface area contributed by atoms with Crippen molar-refractivity contribution in [1.29, 1.82) is 0 Å². The number of hydrogen-bond donors (Lipinski definition) is 0. The highest BCUT2D eigenvalue weighted by Crippen LogP contribution is 2.49. The van der Waals surface area contributed by atoms with Crippen LogP contribution >= 0.6 is 15.9 Å². The molecule has 2 atom stereocenters. The maximum atomic E-state index is 5.88. The van der Waals surface area contributed by atoms with Gasteiger partial charge in [0.15, 0.2) is 6.29 Å². The lowest BCUT2D eigenvalue weighted by Crippen LogP contribution is -2.34. The fourth-order valence-corrected chi connectivity index (χ4v) is 3.39. The van der Waals surface area contributed by atoms with Crippen LogP contribution < -0.4 is 0 Å². The van der Waals surface area contributed by atoms with Crippen LogP contribution in [-0.4, -0.2) is 24.8 Å². The quantitative estimate of drug-likeness (QED) is 0.713. The molecule has 0 radical (unpaired) electrons. The fraction of sp³-hybridized carbons (Fsp3) is 1.00. The molecule has 0 N–H and O–H groups in total. The number of hydrogen-bond acceptors (Lipinski definition) is 2.